The summed E-state index contributed by atoms with van der Waals surface area (Å²) < 4.78 is 3.92. The van der Waals surface area contributed by atoms with E-state index in [2.05, 4.69) is 74.2 Å². The van der Waals surface area contributed by atoms with Crippen LogP contribution in [0.3, 0.4) is 0 Å². The normalized spacial score (nSPS) is 11.1. The molecule has 0 bridgehead atoms. The Hall–Kier alpha value is -3.07. The molecule has 0 fully saturated rings. The number of rotatable bonds is 7. The van der Waals surface area contributed by atoms with Crippen LogP contribution in [0.1, 0.15) is 30.3 Å². The number of hydrogen-bond acceptors (Lipinski definition) is 7. The van der Waals surface area contributed by atoms with Gasteiger partial charge in [0.1, 0.15) is 0 Å². The van der Waals surface area contributed by atoms with Gasteiger partial charge in [-0.05, 0) is 66.1 Å². The minimum Gasteiger partial charge on any atom is -0.270 e. The van der Waals surface area contributed by atoms with Crippen LogP contribution in [0.5, 0.6) is 0 Å². The molecule has 1 aromatic carbocycles. The zero-order chi connectivity index (χ0) is 20.2. The summed E-state index contributed by atoms with van der Waals surface area (Å²) in [6.45, 7) is 7.13. The molecule has 0 N–H and O–H groups in total. The lowest BCUT2D eigenvalue weighted by molar-refractivity contribution is 0.564. The van der Waals surface area contributed by atoms with Crippen molar-refractivity contribution in [1.82, 2.24) is 40.0 Å². The monoisotopic (exact) mass is 406 g/mol. The number of tetrazole rings is 1. The maximum atomic E-state index is 4.48. The minimum atomic E-state index is 0.617. The van der Waals surface area contributed by atoms with Crippen molar-refractivity contribution in [1.29, 1.82) is 0 Å². The number of benzene rings is 1. The van der Waals surface area contributed by atoms with Gasteiger partial charge >= 0.3 is 0 Å². The van der Waals surface area contributed by atoms with Crippen molar-refractivity contribution in [3.63, 3.8) is 0 Å². The number of thioether (sulfide) groups is 1. The fraction of sp³-hybridized carbons (Fsp3) is 0.300. The largest absolute Gasteiger partial charge is 0.270 e. The highest BCUT2D eigenvalue weighted by molar-refractivity contribution is 7.98. The van der Waals surface area contributed by atoms with Crippen molar-refractivity contribution in [3.8, 4) is 17.1 Å². The lowest BCUT2D eigenvalue weighted by Gasteiger charge is -2.12. The highest BCUT2D eigenvalue weighted by Crippen LogP contribution is 2.30. The summed E-state index contributed by atoms with van der Waals surface area (Å²) in [4.78, 5) is 4.12. The van der Waals surface area contributed by atoms with E-state index in [-0.39, 0.29) is 0 Å². The summed E-state index contributed by atoms with van der Waals surface area (Å²) in [7, 11) is 0. The van der Waals surface area contributed by atoms with Crippen LogP contribution >= 0.6 is 11.8 Å². The molecular weight excluding hydrogens is 384 g/mol. The SMILES string of the molecule is CCCn1nnnc1CSc1nnc(-c2ccncc2)n1-c1ccc(C)c(C)c1. The lowest BCUT2D eigenvalue weighted by Crippen LogP contribution is -2.05. The average Bonchev–Trinajstić information content (AvgIpc) is 3.36. The van der Waals surface area contributed by atoms with E-state index in [1.807, 2.05) is 16.8 Å². The van der Waals surface area contributed by atoms with Gasteiger partial charge in [0.05, 0.1) is 11.4 Å². The first-order chi connectivity index (χ1) is 14.2. The zero-order valence-corrected chi connectivity index (χ0v) is 17.5. The summed E-state index contributed by atoms with van der Waals surface area (Å²) in [5.74, 6) is 2.23. The molecule has 29 heavy (non-hydrogen) atoms. The van der Waals surface area contributed by atoms with Crippen LogP contribution in [-0.2, 0) is 12.3 Å². The maximum absolute atomic E-state index is 4.48. The molecule has 0 saturated heterocycles. The molecule has 4 aromatic rings. The van der Waals surface area contributed by atoms with Gasteiger partial charge < -0.3 is 0 Å². The van der Waals surface area contributed by atoms with Crippen molar-refractivity contribution >= 4 is 11.8 Å². The predicted molar refractivity (Wildman–Crippen MR) is 112 cm³/mol. The van der Waals surface area contributed by atoms with E-state index < -0.39 is 0 Å². The van der Waals surface area contributed by atoms with Gasteiger partial charge in [-0.25, -0.2) is 4.68 Å². The van der Waals surface area contributed by atoms with Crippen LogP contribution in [-0.4, -0.2) is 40.0 Å². The topological polar surface area (TPSA) is 87.2 Å². The standard InChI is InChI=1S/C20H22N8S/c1-4-11-27-18(22-25-26-27)13-29-20-24-23-19(16-7-9-21-10-8-16)28(20)17-6-5-14(2)15(3)12-17/h5-10,12H,4,11,13H2,1-3H3. The van der Waals surface area contributed by atoms with Gasteiger partial charge in [-0.1, -0.05) is 24.8 Å². The fourth-order valence-corrected chi connectivity index (χ4v) is 3.87. The Morgan fingerprint density at radius 1 is 0.966 bits per heavy atom. The molecule has 0 radical (unpaired) electrons. The Bertz CT molecular complexity index is 1100. The van der Waals surface area contributed by atoms with Crippen molar-refractivity contribution in [2.75, 3.05) is 0 Å². The third kappa shape index (κ3) is 4.04. The molecule has 0 aliphatic rings. The summed E-state index contributed by atoms with van der Waals surface area (Å²) in [6, 6.07) is 10.3. The second kappa shape index (κ2) is 8.52. The first-order valence-electron chi connectivity index (χ1n) is 9.48. The third-order valence-corrected chi connectivity index (χ3v) is 5.62. The van der Waals surface area contributed by atoms with Gasteiger partial charge in [0.15, 0.2) is 16.8 Å². The minimum absolute atomic E-state index is 0.617. The summed E-state index contributed by atoms with van der Waals surface area (Å²) >= 11 is 1.58. The van der Waals surface area contributed by atoms with Crippen molar-refractivity contribution < 1.29 is 0 Å². The number of pyridine rings is 1. The molecule has 148 valence electrons. The molecule has 0 amide bonds. The lowest BCUT2D eigenvalue weighted by atomic mass is 10.1. The molecule has 0 aliphatic heterocycles. The van der Waals surface area contributed by atoms with Crippen LogP contribution in [0.15, 0.2) is 47.9 Å². The molecular formula is C20H22N8S. The molecule has 4 rings (SSSR count). The van der Waals surface area contributed by atoms with E-state index in [4.69, 9.17) is 0 Å². The highest BCUT2D eigenvalue weighted by atomic mass is 32.2. The van der Waals surface area contributed by atoms with E-state index in [9.17, 15) is 0 Å². The summed E-state index contributed by atoms with van der Waals surface area (Å²) in [5.41, 5.74) is 4.47. The number of aromatic nitrogens is 8. The first-order valence-corrected chi connectivity index (χ1v) is 10.5. The second-order valence-corrected chi connectivity index (χ2v) is 7.70. The van der Waals surface area contributed by atoms with E-state index in [1.54, 1.807) is 24.2 Å². The van der Waals surface area contributed by atoms with Crippen molar-refractivity contribution in [2.45, 2.75) is 44.6 Å². The Morgan fingerprint density at radius 2 is 1.79 bits per heavy atom. The summed E-state index contributed by atoms with van der Waals surface area (Å²) in [5, 5.41) is 21.8. The quantitative estimate of drug-likeness (QED) is 0.433. The van der Waals surface area contributed by atoms with Gasteiger partial charge in [-0.3, -0.25) is 9.55 Å². The highest BCUT2D eigenvalue weighted by Gasteiger charge is 2.18. The molecule has 0 atom stereocenters. The molecule has 0 spiro atoms. The molecule has 3 aromatic heterocycles. The van der Waals surface area contributed by atoms with Gasteiger partial charge in [0, 0.05) is 24.5 Å². The van der Waals surface area contributed by atoms with Gasteiger partial charge in [-0.15, -0.1) is 15.3 Å². The van der Waals surface area contributed by atoms with E-state index in [0.29, 0.717) is 5.75 Å². The number of nitrogens with zero attached hydrogens (tertiary/aromatic N) is 8. The smallest absolute Gasteiger partial charge is 0.196 e. The van der Waals surface area contributed by atoms with Crippen LogP contribution in [0.2, 0.25) is 0 Å². The Kier molecular flexibility index (Phi) is 5.66. The maximum Gasteiger partial charge on any atom is 0.196 e. The van der Waals surface area contributed by atoms with Crippen LogP contribution in [0, 0.1) is 13.8 Å². The first kappa shape index (κ1) is 19.3. The van der Waals surface area contributed by atoms with Crippen molar-refractivity contribution in [2.24, 2.45) is 0 Å². The zero-order valence-electron chi connectivity index (χ0n) is 16.6. The van der Waals surface area contributed by atoms with Gasteiger partial charge in [0.2, 0.25) is 0 Å². The third-order valence-electron chi connectivity index (χ3n) is 4.69. The summed E-state index contributed by atoms with van der Waals surface area (Å²) in [6.07, 6.45) is 4.51. The Morgan fingerprint density at radius 3 is 2.55 bits per heavy atom. The van der Waals surface area contributed by atoms with E-state index >= 15 is 0 Å². The fourth-order valence-electron chi connectivity index (χ4n) is 2.99. The predicted octanol–water partition coefficient (Wildman–Crippen LogP) is 3.63. The molecule has 8 nitrogen and oxygen atoms in total. The van der Waals surface area contributed by atoms with Gasteiger partial charge in [0.25, 0.3) is 0 Å². The molecule has 3 heterocycles. The molecule has 9 heteroatoms. The molecule has 0 saturated carbocycles. The number of aryl methyl sites for hydroxylation is 3. The van der Waals surface area contributed by atoms with Crippen LogP contribution in [0.25, 0.3) is 17.1 Å². The van der Waals surface area contributed by atoms with E-state index in [1.165, 1.54) is 11.1 Å². The van der Waals surface area contributed by atoms with Crippen LogP contribution in [0.4, 0.5) is 0 Å². The average molecular weight is 407 g/mol. The van der Waals surface area contributed by atoms with Crippen molar-refractivity contribution in [3.05, 3.63) is 59.7 Å². The van der Waals surface area contributed by atoms with Crippen LogP contribution < -0.4 is 0 Å². The Balaban J connectivity index is 1.73. The number of hydrogen-bond donors (Lipinski definition) is 0. The Labute approximate surface area is 173 Å². The van der Waals surface area contributed by atoms with E-state index in [0.717, 1.165) is 41.0 Å². The van der Waals surface area contributed by atoms with Gasteiger partial charge in [-0.2, -0.15) is 0 Å². The molecule has 0 aliphatic carbocycles. The second-order valence-electron chi connectivity index (χ2n) is 6.75. The molecule has 0 unspecified atom stereocenters.